The molecule has 28 heavy (non-hydrogen) atoms. The third-order valence-electron chi connectivity index (χ3n) is 5.19. The number of halogens is 3. The van der Waals surface area contributed by atoms with E-state index in [2.05, 4.69) is 0 Å². The molecule has 0 aromatic heterocycles. The first-order valence-corrected chi connectivity index (χ1v) is 10.4. The Hall–Kier alpha value is -2.06. The fourth-order valence-corrected chi connectivity index (χ4v) is 5.13. The van der Waals surface area contributed by atoms with Gasteiger partial charge in [-0.1, -0.05) is 12.1 Å². The number of rotatable bonds is 3. The molecule has 0 N–H and O–H groups in total. The predicted molar refractivity (Wildman–Crippen MR) is 103 cm³/mol. The molecule has 0 amide bonds. The van der Waals surface area contributed by atoms with Gasteiger partial charge in [0.15, 0.2) is 0 Å². The number of sulfonamides is 1. The summed E-state index contributed by atoms with van der Waals surface area (Å²) in [5, 5.41) is 0. The maximum atomic E-state index is 13.1. The molecule has 8 heteroatoms. The Morgan fingerprint density at radius 1 is 0.857 bits per heavy atom. The number of anilines is 1. The van der Waals surface area contributed by atoms with Crippen LogP contribution in [0.2, 0.25) is 0 Å². The molecule has 1 aliphatic heterocycles. The molecular formula is C20H23F3N2O2S. The van der Waals surface area contributed by atoms with Gasteiger partial charge in [-0.15, -0.1) is 0 Å². The first-order valence-electron chi connectivity index (χ1n) is 9.00. The zero-order chi connectivity index (χ0) is 20.7. The monoisotopic (exact) mass is 412 g/mol. The zero-order valence-corrected chi connectivity index (χ0v) is 16.9. The van der Waals surface area contributed by atoms with Crippen LogP contribution in [0, 0.1) is 20.8 Å². The van der Waals surface area contributed by atoms with Crippen LogP contribution in [0.15, 0.2) is 41.3 Å². The highest BCUT2D eigenvalue weighted by molar-refractivity contribution is 7.89. The molecular weight excluding hydrogens is 389 g/mol. The highest BCUT2D eigenvalue weighted by Gasteiger charge is 2.33. The van der Waals surface area contributed by atoms with Crippen LogP contribution in [0.4, 0.5) is 18.9 Å². The lowest BCUT2D eigenvalue weighted by atomic mass is 10.1. The van der Waals surface area contributed by atoms with Crippen LogP contribution in [0.25, 0.3) is 0 Å². The van der Waals surface area contributed by atoms with Gasteiger partial charge in [0.25, 0.3) is 0 Å². The SMILES string of the molecule is Cc1cc(C)c(S(=O)(=O)N2CCN(c3cccc(C(F)(F)F)c3)CC2)cc1C. The van der Waals surface area contributed by atoms with E-state index in [9.17, 15) is 21.6 Å². The summed E-state index contributed by atoms with van der Waals surface area (Å²) in [7, 11) is -3.64. The summed E-state index contributed by atoms with van der Waals surface area (Å²) < 4.78 is 66.3. The second-order valence-corrected chi connectivity index (χ2v) is 9.05. The number of hydrogen-bond donors (Lipinski definition) is 0. The lowest BCUT2D eigenvalue weighted by Gasteiger charge is -2.36. The van der Waals surface area contributed by atoms with Crippen LogP contribution in [0.3, 0.4) is 0 Å². The van der Waals surface area contributed by atoms with Gasteiger partial charge in [-0.05, 0) is 61.7 Å². The number of alkyl halides is 3. The lowest BCUT2D eigenvalue weighted by molar-refractivity contribution is -0.137. The quantitative estimate of drug-likeness (QED) is 0.761. The topological polar surface area (TPSA) is 40.6 Å². The van der Waals surface area contributed by atoms with Crippen LogP contribution in [0.5, 0.6) is 0 Å². The van der Waals surface area contributed by atoms with Crippen molar-refractivity contribution in [3.8, 4) is 0 Å². The smallest absolute Gasteiger partial charge is 0.369 e. The van der Waals surface area contributed by atoms with Crippen molar-refractivity contribution in [1.29, 1.82) is 0 Å². The first-order chi connectivity index (χ1) is 13.0. The Balaban J connectivity index is 1.78. The minimum absolute atomic E-state index is 0.227. The third-order valence-corrected chi connectivity index (χ3v) is 7.23. The van der Waals surface area contributed by atoms with E-state index in [1.165, 1.54) is 10.4 Å². The molecule has 1 saturated heterocycles. The van der Waals surface area contributed by atoms with Crippen molar-refractivity contribution in [3.05, 3.63) is 58.7 Å². The molecule has 0 unspecified atom stereocenters. The molecule has 1 heterocycles. The largest absolute Gasteiger partial charge is 0.416 e. The molecule has 0 saturated carbocycles. The van der Waals surface area contributed by atoms with Gasteiger partial charge >= 0.3 is 6.18 Å². The average Bonchev–Trinajstić information content (AvgIpc) is 2.64. The predicted octanol–water partition coefficient (Wildman–Crippen LogP) is 4.14. The van der Waals surface area contributed by atoms with Crippen LogP contribution < -0.4 is 4.90 Å². The summed E-state index contributed by atoms with van der Waals surface area (Å²) in [6, 6.07) is 8.69. The van der Waals surface area contributed by atoms with Crippen molar-refractivity contribution >= 4 is 15.7 Å². The molecule has 1 fully saturated rings. The van der Waals surface area contributed by atoms with Crippen LogP contribution in [-0.4, -0.2) is 38.9 Å². The van der Waals surface area contributed by atoms with Gasteiger partial charge in [0.05, 0.1) is 10.5 Å². The Morgan fingerprint density at radius 3 is 2.07 bits per heavy atom. The van der Waals surface area contributed by atoms with Gasteiger partial charge in [-0.3, -0.25) is 0 Å². The van der Waals surface area contributed by atoms with Gasteiger partial charge in [0.1, 0.15) is 0 Å². The molecule has 4 nitrogen and oxygen atoms in total. The molecule has 0 bridgehead atoms. The Bertz CT molecular complexity index is 979. The van der Waals surface area contributed by atoms with Gasteiger partial charge in [0.2, 0.25) is 10.0 Å². The number of benzene rings is 2. The molecule has 2 aromatic carbocycles. The number of nitrogens with zero attached hydrogens (tertiary/aromatic N) is 2. The Kier molecular flexibility index (Phi) is 5.46. The maximum Gasteiger partial charge on any atom is 0.416 e. The molecule has 0 atom stereocenters. The number of hydrogen-bond acceptors (Lipinski definition) is 3. The van der Waals surface area contributed by atoms with Crippen molar-refractivity contribution in [3.63, 3.8) is 0 Å². The van der Waals surface area contributed by atoms with E-state index in [1.807, 2.05) is 19.9 Å². The van der Waals surface area contributed by atoms with E-state index in [0.717, 1.165) is 23.3 Å². The van der Waals surface area contributed by atoms with E-state index in [1.54, 1.807) is 24.0 Å². The van der Waals surface area contributed by atoms with Gasteiger partial charge < -0.3 is 4.90 Å². The van der Waals surface area contributed by atoms with Gasteiger partial charge in [-0.25, -0.2) is 8.42 Å². The lowest BCUT2D eigenvalue weighted by Crippen LogP contribution is -2.48. The van der Waals surface area contributed by atoms with Crippen molar-refractivity contribution in [2.45, 2.75) is 31.8 Å². The normalized spacial score (nSPS) is 16.4. The van der Waals surface area contributed by atoms with Crippen molar-refractivity contribution in [1.82, 2.24) is 4.31 Å². The molecule has 0 spiro atoms. The Morgan fingerprint density at radius 2 is 1.46 bits per heavy atom. The minimum atomic E-state index is -4.40. The summed E-state index contributed by atoms with van der Waals surface area (Å²) in [5.74, 6) is 0. The summed E-state index contributed by atoms with van der Waals surface area (Å²) >= 11 is 0. The number of aryl methyl sites for hydroxylation is 3. The molecule has 3 rings (SSSR count). The first kappa shape index (κ1) is 20.7. The summed E-state index contributed by atoms with van der Waals surface area (Å²) in [6.45, 7) is 6.72. The standard InChI is InChI=1S/C20H23F3N2O2S/c1-14-11-16(3)19(12-15(14)2)28(26,27)25-9-7-24(8-10-25)18-6-4-5-17(13-18)20(21,22)23/h4-6,11-13H,7-10H2,1-3H3. The highest BCUT2D eigenvalue weighted by Crippen LogP contribution is 2.32. The summed E-state index contributed by atoms with van der Waals surface area (Å²) in [4.78, 5) is 2.08. The molecule has 152 valence electrons. The highest BCUT2D eigenvalue weighted by atomic mass is 32.2. The zero-order valence-electron chi connectivity index (χ0n) is 16.0. The van der Waals surface area contributed by atoms with E-state index in [0.29, 0.717) is 29.2 Å². The third kappa shape index (κ3) is 4.03. The van der Waals surface area contributed by atoms with Crippen LogP contribution >= 0.6 is 0 Å². The second-order valence-electron chi connectivity index (χ2n) is 7.14. The molecule has 0 radical (unpaired) electrons. The van der Waals surface area contributed by atoms with E-state index < -0.39 is 21.8 Å². The Labute approximate surface area is 163 Å². The maximum absolute atomic E-state index is 13.1. The average molecular weight is 412 g/mol. The van der Waals surface area contributed by atoms with E-state index in [4.69, 9.17) is 0 Å². The minimum Gasteiger partial charge on any atom is -0.369 e. The fraction of sp³-hybridized carbons (Fsp3) is 0.400. The van der Waals surface area contributed by atoms with Gasteiger partial charge in [0, 0.05) is 31.9 Å². The van der Waals surface area contributed by atoms with Crippen LogP contribution in [-0.2, 0) is 16.2 Å². The van der Waals surface area contributed by atoms with Crippen molar-refractivity contribution in [2.75, 3.05) is 31.1 Å². The van der Waals surface area contributed by atoms with E-state index >= 15 is 0 Å². The fourth-order valence-electron chi connectivity index (χ4n) is 3.42. The summed E-state index contributed by atoms with van der Waals surface area (Å²) in [5.41, 5.74) is 2.39. The molecule has 2 aromatic rings. The van der Waals surface area contributed by atoms with E-state index in [-0.39, 0.29) is 13.1 Å². The second kappa shape index (κ2) is 7.40. The van der Waals surface area contributed by atoms with Crippen molar-refractivity contribution < 1.29 is 21.6 Å². The molecule has 0 aliphatic carbocycles. The number of piperazine rings is 1. The van der Waals surface area contributed by atoms with Crippen molar-refractivity contribution in [2.24, 2.45) is 0 Å². The van der Waals surface area contributed by atoms with Gasteiger partial charge in [-0.2, -0.15) is 17.5 Å². The molecule has 1 aliphatic rings. The summed E-state index contributed by atoms with van der Waals surface area (Å²) in [6.07, 6.45) is -4.40. The van der Waals surface area contributed by atoms with Crippen LogP contribution in [0.1, 0.15) is 22.3 Å².